The number of aromatic nitrogens is 1. The first kappa shape index (κ1) is 18.5. The third-order valence-corrected chi connectivity index (χ3v) is 4.51. The molecule has 2 heterocycles. The van der Waals surface area contributed by atoms with E-state index in [1.165, 1.54) is 24.5 Å². The van der Waals surface area contributed by atoms with E-state index in [1.807, 2.05) is 13.0 Å². The SMILES string of the molecule is COc1cc2occ(-c3ccc(F)cc3)c2cc1/C(C)=C/C(=O)Nc1ccon1. The molecular formula is C22H17FN2O4. The Morgan fingerprint density at radius 1 is 1.21 bits per heavy atom. The summed E-state index contributed by atoms with van der Waals surface area (Å²) < 4.78 is 29.1. The van der Waals surface area contributed by atoms with E-state index in [1.54, 1.807) is 37.6 Å². The number of furan rings is 1. The van der Waals surface area contributed by atoms with Crippen LogP contribution in [-0.2, 0) is 4.79 Å². The molecule has 0 radical (unpaired) electrons. The minimum Gasteiger partial charge on any atom is -0.496 e. The van der Waals surface area contributed by atoms with Crippen molar-refractivity contribution in [1.82, 2.24) is 5.16 Å². The maximum absolute atomic E-state index is 13.3. The first-order valence-corrected chi connectivity index (χ1v) is 8.80. The van der Waals surface area contributed by atoms with Crippen LogP contribution >= 0.6 is 0 Å². The van der Waals surface area contributed by atoms with E-state index in [4.69, 9.17) is 13.7 Å². The highest BCUT2D eigenvalue weighted by Gasteiger charge is 2.15. The quantitative estimate of drug-likeness (QED) is 0.468. The summed E-state index contributed by atoms with van der Waals surface area (Å²) in [6.45, 7) is 1.81. The molecule has 4 rings (SSSR count). The number of carbonyl (C=O) groups is 1. The Morgan fingerprint density at radius 2 is 2.00 bits per heavy atom. The molecule has 0 spiro atoms. The number of rotatable bonds is 5. The number of nitrogens with zero attached hydrogens (tertiary/aromatic N) is 1. The number of amides is 1. The predicted molar refractivity (Wildman–Crippen MR) is 107 cm³/mol. The highest BCUT2D eigenvalue weighted by Crippen LogP contribution is 2.37. The van der Waals surface area contributed by atoms with Crippen LogP contribution in [0.2, 0.25) is 0 Å². The molecule has 0 saturated heterocycles. The molecule has 29 heavy (non-hydrogen) atoms. The van der Waals surface area contributed by atoms with Crippen molar-refractivity contribution in [3.05, 3.63) is 72.4 Å². The monoisotopic (exact) mass is 392 g/mol. The lowest BCUT2D eigenvalue weighted by atomic mass is 9.99. The Morgan fingerprint density at radius 3 is 2.69 bits per heavy atom. The van der Waals surface area contributed by atoms with E-state index in [-0.39, 0.29) is 11.7 Å². The normalized spacial score (nSPS) is 11.6. The molecule has 2 aromatic heterocycles. The van der Waals surface area contributed by atoms with Crippen LogP contribution in [0.5, 0.6) is 5.75 Å². The van der Waals surface area contributed by atoms with E-state index in [2.05, 4.69) is 10.5 Å². The lowest BCUT2D eigenvalue weighted by Gasteiger charge is -2.10. The van der Waals surface area contributed by atoms with E-state index in [0.29, 0.717) is 22.7 Å². The first-order valence-electron chi connectivity index (χ1n) is 8.80. The van der Waals surface area contributed by atoms with Gasteiger partial charge < -0.3 is 19.0 Å². The standard InChI is InChI=1S/C22H17FN2O4/c1-13(9-22(26)24-21-7-8-29-25-21)16-10-17-18(14-3-5-15(23)6-4-14)12-28-20(17)11-19(16)27-2/h3-12H,1-2H3,(H,24,25,26)/b13-9+. The summed E-state index contributed by atoms with van der Waals surface area (Å²) in [6, 6.07) is 11.4. The van der Waals surface area contributed by atoms with Crippen molar-refractivity contribution in [2.45, 2.75) is 6.92 Å². The fourth-order valence-corrected chi connectivity index (χ4v) is 3.10. The van der Waals surface area contributed by atoms with Crippen LogP contribution in [-0.4, -0.2) is 18.2 Å². The van der Waals surface area contributed by atoms with Gasteiger partial charge in [0.1, 0.15) is 23.4 Å². The zero-order chi connectivity index (χ0) is 20.4. The van der Waals surface area contributed by atoms with Crippen molar-refractivity contribution >= 4 is 28.3 Å². The van der Waals surface area contributed by atoms with E-state index < -0.39 is 0 Å². The molecule has 2 aromatic carbocycles. The van der Waals surface area contributed by atoms with Gasteiger partial charge in [0.25, 0.3) is 0 Å². The number of benzene rings is 2. The fourth-order valence-electron chi connectivity index (χ4n) is 3.10. The van der Waals surface area contributed by atoms with Gasteiger partial charge in [-0.25, -0.2) is 4.39 Å². The smallest absolute Gasteiger partial charge is 0.249 e. The molecule has 0 atom stereocenters. The molecule has 0 aliphatic heterocycles. The number of nitrogens with one attached hydrogen (secondary N) is 1. The maximum Gasteiger partial charge on any atom is 0.249 e. The summed E-state index contributed by atoms with van der Waals surface area (Å²) in [5, 5.41) is 7.11. The summed E-state index contributed by atoms with van der Waals surface area (Å²) in [7, 11) is 1.55. The number of anilines is 1. The molecule has 0 unspecified atom stereocenters. The zero-order valence-corrected chi connectivity index (χ0v) is 15.7. The number of hydrogen-bond acceptors (Lipinski definition) is 5. The Balaban J connectivity index is 1.74. The number of fused-ring (bicyclic) bond motifs is 1. The summed E-state index contributed by atoms with van der Waals surface area (Å²) >= 11 is 0. The topological polar surface area (TPSA) is 77.5 Å². The second-order valence-electron chi connectivity index (χ2n) is 6.41. The van der Waals surface area contributed by atoms with Crippen LogP contribution in [0, 0.1) is 5.82 Å². The molecule has 4 aromatic rings. The number of hydrogen-bond donors (Lipinski definition) is 1. The minimum absolute atomic E-state index is 0.305. The Bertz CT molecular complexity index is 1190. The van der Waals surface area contributed by atoms with Gasteiger partial charge in [0, 0.05) is 34.7 Å². The van der Waals surface area contributed by atoms with E-state index >= 15 is 0 Å². The van der Waals surface area contributed by atoms with Crippen LogP contribution in [0.1, 0.15) is 12.5 Å². The van der Waals surface area contributed by atoms with Gasteiger partial charge in [-0.3, -0.25) is 4.79 Å². The van der Waals surface area contributed by atoms with Crippen LogP contribution in [0.25, 0.3) is 27.7 Å². The van der Waals surface area contributed by atoms with Crippen LogP contribution in [0.4, 0.5) is 10.2 Å². The summed E-state index contributed by atoms with van der Waals surface area (Å²) in [5.41, 5.74) is 3.70. The number of carbonyl (C=O) groups excluding carboxylic acids is 1. The third kappa shape index (κ3) is 3.75. The second kappa shape index (κ2) is 7.63. The number of allylic oxidation sites excluding steroid dienone is 1. The molecule has 6 nitrogen and oxygen atoms in total. The van der Waals surface area contributed by atoms with E-state index in [9.17, 15) is 9.18 Å². The third-order valence-electron chi connectivity index (χ3n) is 4.51. The van der Waals surface area contributed by atoms with Crippen LogP contribution in [0.15, 0.2) is 70.0 Å². The van der Waals surface area contributed by atoms with Crippen molar-refractivity contribution in [3.8, 4) is 16.9 Å². The average molecular weight is 392 g/mol. The number of methoxy groups -OCH3 is 1. The second-order valence-corrected chi connectivity index (χ2v) is 6.41. The maximum atomic E-state index is 13.3. The molecule has 146 valence electrons. The van der Waals surface area contributed by atoms with Gasteiger partial charge in [-0.1, -0.05) is 17.3 Å². The van der Waals surface area contributed by atoms with Crippen LogP contribution < -0.4 is 10.1 Å². The van der Waals surface area contributed by atoms with Crippen LogP contribution in [0.3, 0.4) is 0 Å². The van der Waals surface area contributed by atoms with E-state index in [0.717, 1.165) is 22.1 Å². The van der Waals surface area contributed by atoms with Gasteiger partial charge in [-0.05, 0) is 36.3 Å². The Labute approximate surface area is 165 Å². The number of halogens is 1. The zero-order valence-electron chi connectivity index (χ0n) is 15.7. The Hall–Kier alpha value is -3.87. The predicted octanol–water partition coefficient (Wildman–Crippen LogP) is 5.28. The minimum atomic E-state index is -0.343. The Kier molecular flexibility index (Phi) is 4.87. The van der Waals surface area contributed by atoms with Crippen molar-refractivity contribution in [2.24, 2.45) is 0 Å². The highest BCUT2D eigenvalue weighted by molar-refractivity contribution is 6.05. The lowest BCUT2D eigenvalue weighted by molar-refractivity contribution is -0.111. The molecule has 0 aliphatic rings. The van der Waals surface area contributed by atoms with Gasteiger partial charge in [0.05, 0.1) is 13.4 Å². The molecule has 0 aliphatic carbocycles. The van der Waals surface area contributed by atoms with Crippen molar-refractivity contribution in [2.75, 3.05) is 12.4 Å². The van der Waals surface area contributed by atoms with Gasteiger partial charge in [-0.15, -0.1) is 0 Å². The van der Waals surface area contributed by atoms with Crippen molar-refractivity contribution in [1.29, 1.82) is 0 Å². The van der Waals surface area contributed by atoms with Gasteiger partial charge >= 0.3 is 0 Å². The molecular weight excluding hydrogens is 375 g/mol. The highest BCUT2D eigenvalue weighted by atomic mass is 19.1. The van der Waals surface area contributed by atoms with Gasteiger partial charge in [0.15, 0.2) is 5.82 Å². The van der Waals surface area contributed by atoms with Gasteiger partial charge in [0.2, 0.25) is 5.91 Å². The molecule has 1 N–H and O–H groups in total. The first-order chi connectivity index (χ1) is 14.0. The largest absolute Gasteiger partial charge is 0.496 e. The van der Waals surface area contributed by atoms with Crippen molar-refractivity contribution in [3.63, 3.8) is 0 Å². The number of ether oxygens (including phenoxy) is 1. The summed E-state index contributed by atoms with van der Waals surface area (Å²) in [5.74, 6) is 0.251. The molecule has 0 fully saturated rings. The molecule has 0 saturated carbocycles. The van der Waals surface area contributed by atoms with Crippen molar-refractivity contribution < 1.29 is 22.9 Å². The summed E-state index contributed by atoms with van der Waals surface area (Å²) in [6.07, 6.45) is 4.45. The molecule has 1 amide bonds. The average Bonchev–Trinajstić information content (AvgIpc) is 3.36. The van der Waals surface area contributed by atoms with Gasteiger partial charge in [-0.2, -0.15) is 0 Å². The molecule has 7 heteroatoms. The fraction of sp³-hybridized carbons (Fsp3) is 0.0909. The summed E-state index contributed by atoms with van der Waals surface area (Å²) in [4.78, 5) is 12.3. The lowest BCUT2D eigenvalue weighted by Crippen LogP contribution is -2.08. The molecule has 0 bridgehead atoms.